The van der Waals surface area contributed by atoms with E-state index in [1.807, 2.05) is 30.3 Å². The maximum Gasteiger partial charge on any atom is 0.261 e. The predicted octanol–water partition coefficient (Wildman–Crippen LogP) is 3.80. The molecule has 0 spiro atoms. The van der Waals surface area contributed by atoms with Crippen molar-refractivity contribution in [2.75, 3.05) is 17.8 Å². The molecule has 9 heteroatoms. The second kappa shape index (κ2) is 10.7. The summed E-state index contributed by atoms with van der Waals surface area (Å²) in [6.07, 6.45) is 1.40. The smallest absolute Gasteiger partial charge is 0.261 e. The van der Waals surface area contributed by atoms with E-state index < -0.39 is 15.8 Å². The Hall–Kier alpha value is -3.72. The molecule has 1 unspecified atom stereocenters. The summed E-state index contributed by atoms with van der Waals surface area (Å²) < 4.78 is 40.8. The van der Waals surface area contributed by atoms with Crippen LogP contribution in [0, 0.1) is 11.7 Å². The van der Waals surface area contributed by atoms with Gasteiger partial charge in [-0.1, -0.05) is 36.4 Å². The van der Waals surface area contributed by atoms with Crippen LogP contribution in [0.4, 0.5) is 10.1 Å². The lowest BCUT2D eigenvalue weighted by Gasteiger charge is -2.32. The fourth-order valence-corrected chi connectivity index (χ4v) is 5.08. The summed E-state index contributed by atoms with van der Waals surface area (Å²) in [6.45, 7) is 1.25. The van der Waals surface area contributed by atoms with Crippen LogP contribution in [0.25, 0.3) is 0 Å². The van der Waals surface area contributed by atoms with Crippen molar-refractivity contribution in [2.45, 2.75) is 24.3 Å². The lowest BCUT2D eigenvalue weighted by atomic mass is 9.96. The van der Waals surface area contributed by atoms with Crippen LogP contribution >= 0.6 is 0 Å². The number of hydrogen-bond donors (Lipinski definition) is 2. The molecule has 1 aliphatic rings. The van der Waals surface area contributed by atoms with Crippen LogP contribution in [0.5, 0.6) is 0 Å². The average molecular weight is 496 g/mol. The monoisotopic (exact) mass is 495 g/mol. The van der Waals surface area contributed by atoms with E-state index in [1.165, 1.54) is 24.3 Å². The average Bonchev–Trinajstić information content (AvgIpc) is 2.87. The summed E-state index contributed by atoms with van der Waals surface area (Å²) in [7, 11) is -3.94. The number of hydrogen-bond acceptors (Lipinski definition) is 4. The molecule has 1 fully saturated rings. The van der Waals surface area contributed by atoms with Crippen LogP contribution in [-0.4, -0.2) is 38.2 Å². The highest BCUT2D eigenvalue weighted by Crippen LogP contribution is 2.22. The molecule has 7 nitrogen and oxygen atoms in total. The first kappa shape index (κ1) is 24.4. The minimum Gasteiger partial charge on any atom is -0.352 e. The lowest BCUT2D eigenvalue weighted by molar-refractivity contribution is -0.126. The maximum atomic E-state index is 13.1. The molecule has 1 saturated heterocycles. The second-order valence-electron chi connectivity index (χ2n) is 8.43. The molecule has 3 aromatic rings. The molecule has 0 aliphatic carbocycles. The van der Waals surface area contributed by atoms with Gasteiger partial charge in [0.15, 0.2) is 0 Å². The number of nitrogens with zero attached hydrogens (tertiary/aromatic N) is 1. The number of likely N-dealkylation sites (tertiary alicyclic amines) is 1. The number of carbonyl (C=O) groups excluding carboxylic acids is 2. The van der Waals surface area contributed by atoms with Crippen LogP contribution in [0.15, 0.2) is 83.8 Å². The van der Waals surface area contributed by atoms with Crippen LogP contribution in [0.1, 0.15) is 28.8 Å². The van der Waals surface area contributed by atoms with E-state index >= 15 is 0 Å². The van der Waals surface area contributed by atoms with Gasteiger partial charge < -0.3 is 10.2 Å². The molecule has 3 aromatic carbocycles. The van der Waals surface area contributed by atoms with Gasteiger partial charge in [0, 0.05) is 30.9 Å². The summed E-state index contributed by atoms with van der Waals surface area (Å²) in [5.41, 5.74) is 1.54. The Labute approximate surface area is 204 Å². The van der Waals surface area contributed by atoms with E-state index in [-0.39, 0.29) is 28.3 Å². The number of halogens is 1. The highest BCUT2D eigenvalue weighted by molar-refractivity contribution is 7.92. The molecule has 0 bridgehead atoms. The normalized spacial score (nSPS) is 15.9. The van der Waals surface area contributed by atoms with Gasteiger partial charge in [-0.05, 0) is 60.9 Å². The Kier molecular flexibility index (Phi) is 7.45. The highest BCUT2D eigenvalue weighted by atomic mass is 32.2. The van der Waals surface area contributed by atoms with Crippen molar-refractivity contribution < 1.29 is 22.4 Å². The Balaban J connectivity index is 1.40. The minimum absolute atomic E-state index is 0.0870. The number of anilines is 1. The van der Waals surface area contributed by atoms with Crippen LogP contribution in [0.2, 0.25) is 0 Å². The lowest BCUT2D eigenvalue weighted by Crippen LogP contribution is -2.45. The van der Waals surface area contributed by atoms with Crippen LogP contribution in [0.3, 0.4) is 0 Å². The second-order valence-corrected chi connectivity index (χ2v) is 10.1. The van der Waals surface area contributed by atoms with Crippen LogP contribution in [-0.2, 0) is 21.4 Å². The molecule has 1 aliphatic heterocycles. The zero-order chi connectivity index (χ0) is 24.8. The van der Waals surface area contributed by atoms with Crippen molar-refractivity contribution in [1.82, 2.24) is 10.2 Å². The molecule has 0 aromatic heterocycles. The van der Waals surface area contributed by atoms with E-state index in [0.29, 0.717) is 38.0 Å². The molecule has 0 saturated carbocycles. The molecule has 2 amide bonds. The van der Waals surface area contributed by atoms with Gasteiger partial charge in [0.2, 0.25) is 5.91 Å². The zero-order valence-electron chi connectivity index (χ0n) is 19.0. The molecular formula is C26H26FN3O4S. The molecule has 4 rings (SSSR count). The molecule has 1 heterocycles. The summed E-state index contributed by atoms with van der Waals surface area (Å²) in [5, 5.41) is 2.94. The van der Waals surface area contributed by atoms with Crippen molar-refractivity contribution in [2.24, 2.45) is 5.92 Å². The van der Waals surface area contributed by atoms with E-state index in [9.17, 15) is 22.4 Å². The van der Waals surface area contributed by atoms with Gasteiger partial charge in [0.25, 0.3) is 15.9 Å². The van der Waals surface area contributed by atoms with Crippen molar-refractivity contribution in [3.63, 3.8) is 0 Å². The topological polar surface area (TPSA) is 95.6 Å². The minimum atomic E-state index is -3.94. The molecule has 2 N–H and O–H groups in total. The number of amides is 2. The van der Waals surface area contributed by atoms with Gasteiger partial charge in [-0.15, -0.1) is 0 Å². The molecule has 1 atom stereocenters. The molecule has 0 radical (unpaired) electrons. The molecule has 35 heavy (non-hydrogen) atoms. The van der Waals surface area contributed by atoms with E-state index in [1.54, 1.807) is 17.0 Å². The molecule has 182 valence electrons. The summed E-state index contributed by atoms with van der Waals surface area (Å²) in [5.74, 6) is -1.21. The predicted molar refractivity (Wildman–Crippen MR) is 131 cm³/mol. The standard InChI is InChI=1S/C26H26FN3O4S/c27-22-11-13-24(14-12-22)35(33,34)29-23-10-4-8-20(16-23)26(32)30-15-5-9-21(18-30)25(31)28-17-19-6-2-1-3-7-19/h1-4,6-8,10-14,16,21,29H,5,9,15,17-18H2,(H,28,31). The number of carbonyl (C=O) groups is 2. The maximum absolute atomic E-state index is 13.1. The van der Waals surface area contributed by atoms with Crippen LogP contribution < -0.4 is 10.0 Å². The third-order valence-electron chi connectivity index (χ3n) is 5.87. The highest BCUT2D eigenvalue weighted by Gasteiger charge is 2.29. The Morgan fingerprint density at radius 3 is 2.46 bits per heavy atom. The quantitative estimate of drug-likeness (QED) is 0.521. The van der Waals surface area contributed by atoms with Gasteiger partial charge in [-0.25, -0.2) is 12.8 Å². The van der Waals surface area contributed by atoms with Gasteiger partial charge in [0.1, 0.15) is 5.82 Å². The van der Waals surface area contributed by atoms with E-state index in [0.717, 1.165) is 17.7 Å². The zero-order valence-corrected chi connectivity index (χ0v) is 19.8. The van der Waals surface area contributed by atoms with Crippen molar-refractivity contribution in [1.29, 1.82) is 0 Å². The number of benzene rings is 3. The van der Waals surface area contributed by atoms with Crippen molar-refractivity contribution in [3.05, 3.63) is 95.8 Å². The van der Waals surface area contributed by atoms with Gasteiger partial charge in [0.05, 0.1) is 10.8 Å². The third-order valence-corrected chi connectivity index (χ3v) is 7.27. The van der Waals surface area contributed by atoms with E-state index in [2.05, 4.69) is 10.0 Å². The van der Waals surface area contributed by atoms with Crippen molar-refractivity contribution in [3.8, 4) is 0 Å². The fourth-order valence-electron chi connectivity index (χ4n) is 4.03. The van der Waals surface area contributed by atoms with Gasteiger partial charge in [-0.3, -0.25) is 14.3 Å². The van der Waals surface area contributed by atoms with E-state index in [4.69, 9.17) is 0 Å². The largest absolute Gasteiger partial charge is 0.352 e. The summed E-state index contributed by atoms with van der Waals surface area (Å²) in [6, 6.07) is 20.3. The summed E-state index contributed by atoms with van der Waals surface area (Å²) in [4.78, 5) is 27.4. The Morgan fingerprint density at radius 2 is 1.71 bits per heavy atom. The number of piperidine rings is 1. The SMILES string of the molecule is O=C(NCc1ccccc1)C1CCCN(C(=O)c2cccc(NS(=O)(=O)c3ccc(F)cc3)c2)C1. The first-order chi connectivity index (χ1) is 16.8. The number of sulfonamides is 1. The van der Waals surface area contributed by atoms with Gasteiger partial charge >= 0.3 is 0 Å². The number of rotatable bonds is 7. The first-order valence-corrected chi connectivity index (χ1v) is 12.8. The summed E-state index contributed by atoms with van der Waals surface area (Å²) >= 11 is 0. The Bertz CT molecular complexity index is 1300. The fraction of sp³-hybridized carbons (Fsp3) is 0.231. The number of nitrogens with one attached hydrogen (secondary N) is 2. The Morgan fingerprint density at radius 1 is 0.971 bits per heavy atom. The van der Waals surface area contributed by atoms with Crippen molar-refractivity contribution >= 4 is 27.5 Å². The first-order valence-electron chi connectivity index (χ1n) is 11.3. The van der Waals surface area contributed by atoms with Gasteiger partial charge in [-0.2, -0.15) is 0 Å². The third kappa shape index (κ3) is 6.24. The molecular weight excluding hydrogens is 469 g/mol.